The molecule has 0 spiro atoms. The SMILES string of the molecule is CC(C)(C)c1c2c(c(N(c3ccc4c(c3)sc3ccccc34)c3cccc4ccccc34)c3c1-c1ccccc1C3(C)C)C(C)(C)c1ccccc1-2. The zero-order chi connectivity index (χ0) is 35.7. The van der Waals surface area contributed by atoms with Crippen LogP contribution >= 0.6 is 11.3 Å². The molecule has 0 fully saturated rings. The van der Waals surface area contributed by atoms with Crippen molar-refractivity contribution in [2.45, 2.75) is 64.7 Å². The lowest BCUT2D eigenvalue weighted by molar-refractivity contribution is 0.587. The van der Waals surface area contributed by atoms with Gasteiger partial charge in [0.2, 0.25) is 0 Å². The minimum absolute atomic E-state index is 0.103. The molecule has 10 rings (SSSR count). The van der Waals surface area contributed by atoms with E-state index in [1.165, 1.54) is 98.1 Å². The Hall–Kier alpha value is -5.18. The van der Waals surface area contributed by atoms with Crippen molar-refractivity contribution in [1.29, 1.82) is 0 Å². The van der Waals surface area contributed by atoms with Gasteiger partial charge in [-0.1, -0.05) is 158 Å². The first-order valence-corrected chi connectivity index (χ1v) is 19.4. The fourth-order valence-electron chi connectivity index (χ4n) is 9.87. The van der Waals surface area contributed by atoms with Crippen molar-refractivity contribution in [1.82, 2.24) is 0 Å². The average molecular weight is 690 g/mol. The smallest absolute Gasteiger partial charge is 0.0556 e. The first-order valence-electron chi connectivity index (χ1n) is 18.6. The molecule has 7 aromatic carbocycles. The van der Waals surface area contributed by atoms with E-state index >= 15 is 0 Å². The van der Waals surface area contributed by atoms with E-state index in [-0.39, 0.29) is 16.2 Å². The second kappa shape index (κ2) is 10.7. The summed E-state index contributed by atoms with van der Waals surface area (Å²) < 4.78 is 2.64. The quantitative estimate of drug-likeness (QED) is 0.178. The predicted molar refractivity (Wildman–Crippen MR) is 225 cm³/mol. The van der Waals surface area contributed by atoms with Gasteiger partial charge in [-0.15, -0.1) is 11.3 Å². The van der Waals surface area contributed by atoms with Crippen LogP contribution in [-0.2, 0) is 16.2 Å². The maximum Gasteiger partial charge on any atom is 0.0556 e. The van der Waals surface area contributed by atoms with Crippen LogP contribution in [0.15, 0.2) is 133 Å². The Morgan fingerprint density at radius 1 is 0.519 bits per heavy atom. The molecule has 2 aliphatic carbocycles. The number of hydrogen-bond donors (Lipinski definition) is 0. The van der Waals surface area contributed by atoms with Gasteiger partial charge in [0.25, 0.3) is 0 Å². The molecule has 1 heterocycles. The van der Waals surface area contributed by atoms with Gasteiger partial charge in [-0.3, -0.25) is 0 Å². The highest BCUT2D eigenvalue weighted by Crippen LogP contribution is 2.66. The standard InChI is InChI=1S/C50H43NS/c1-48(2,3)44-42-35-21-10-13-23-37(35)49(4,5)45(42)47(46-43(44)36-22-11-14-24-38(36)50(46,6)7)51(39-25-16-18-30-17-8-9-19-32(30)39)31-27-28-34-33-20-12-15-26-40(33)52-41(34)29-31/h8-29H,1-7H3. The summed E-state index contributed by atoms with van der Waals surface area (Å²) in [5.41, 5.74) is 15.9. The van der Waals surface area contributed by atoms with Crippen molar-refractivity contribution >= 4 is 59.3 Å². The summed E-state index contributed by atoms with van der Waals surface area (Å²) in [5.74, 6) is 0. The van der Waals surface area contributed by atoms with Crippen LogP contribution in [0.1, 0.15) is 76.3 Å². The molecule has 1 aromatic heterocycles. The van der Waals surface area contributed by atoms with Gasteiger partial charge in [0, 0.05) is 42.1 Å². The summed E-state index contributed by atoms with van der Waals surface area (Å²) >= 11 is 1.90. The van der Waals surface area contributed by atoms with Gasteiger partial charge in [-0.2, -0.15) is 0 Å². The molecule has 8 aromatic rings. The van der Waals surface area contributed by atoms with Crippen LogP contribution in [-0.4, -0.2) is 0 Å². The van der Waals surface area contributed by atoms with Crippen LogP contribution in [0.3, 0.4) is 0 Å². The summed E-state index contributed by atoms with van der Waals surface area (Å²) in [4.78, 5) is 2.66. The van der Waals surface area contributed by atoms with Gasteiger partial charge in [0.05, 0.1) is 11.4 Å². The molecule has 0 radical (unpaired) electrons. The average Bonchev–Trinajstić information content (AvgIpc) is 3.71. The lowest BCUT2D eigenvalue weighted by Gasteiger charge is -2.39. The number of rotatable bonds is 3. The fraction of sp³-hybridized carbons (Fsp3) is 0.200. The molecule has 2 heteroatoms. The third-order valence-corrected chi connectivity index (χ3v) is 13.2. The number of benzene rings is 7. The largest absolute Gasteiger partial charge is 0.309 e. The van der Waals surface area contributed by atoms with Gasteiger partial charge in [0.15, 0.2) is 0 Å². The zero-order valence-electron chi connectivity index (χ0n) is 31.1. The first kappa shape index (κ1) is 31.5. The van der Waals surface area contributed by atoms with E-state index in [0.717, 1.165) is 0 Å². The first-order chi connectivity index (χ1) is 25.0. The second-order valence-electron chi connectivity index (χ2n) is 16.9. The van der Waals surface area contributed by atoms with Crippen molar-refractivity contribution in [3.05, 3.63) is 161 Å². The third-order valence-electron chi connectivity index (χ3n) is 12.1. The molecule has 0 saturated heterocycles. The molecule has 0 bridgehead atoms. The van der Waals surface area contributed by atoms with E-state index in [4.69, 9.17) is 0 Å². The van der Waals surface area contributed by atoms with Gasteiger partial charge in [-0.25, -0.2) is 0 Å². The van der Waals surface area contributed by atoms with Gasteiger partial charge >= 0.3 is 0 Å². The lowest BCUT2D eigenvalue weighted by Crippen LogP contribution is -2.27. The Kier molecular flexibility index (Phi) is 6.48. The minimum atomic E-state index is -0.244. The predicted octanol–water partition coefficient (Wildman–Crippen LogP) is 14.6. The highest BCUT2D eigenvalue weighted by molar-refractivity contribution is 7.25. The van der Waals surface area contributed by atoms with Crippen molar-refractivity contribution in [3.8, 4) is 22.3 Å². The maximum atomic E-state index is 2.66. The molecule has 0 unspecified atom stereocenters. The van der Waals surface area contributed by atoms with Crippen LogP contribution in [0.25, 0.3) is 53.2 Å². The maximum absolute atomic E-state index is 2.66. The number of fused-ring (bicyclic) bond motifs is 10. The van der Waals surface area contributed by atoms with Crippen LogP contribution < -0.4 is 4.90 Å². The molecular formula is C50H43NS. The van der Waals surface area contributed by atoms with E-state index in [1.54, 1.807) is 0 Å². The summed E-state index contributed by atoms with van der Waals surface area (Å²) in [6.07, 6.45) is 0. The van der Waals surface area contributed by atoms with Gasteiger partial charge in [-0.05, 0) is 85.1 Å². The van der Waals surface area contributed by atoms with Crippen LogP contribution in [0.2, 0.25) is 0 Å². The fourth-order valence-corrected chi connectivity index (χ4v) is 11.0. The molecule has 0 atom stereocenters. The summed E-state index contributed by atoms with van der Waals surface area (Å²) in [6, 6.07) is 50.2. The van der Waals surface area contributed by atoms with E-state index in [0.29, 0.717) is 0 Å². The zero-order valence-corrected chi connectivity index (χ0v) is 31.9. The highest BCUT2D eigenvalue weighted by atomic mass is 32.1. The monoisotopic (exact) mass is 689 g/mol. The molecule has 52 heavy (non-hydrogen) atoms. The topological polar surface area (TPSA) is 3.24 Å². The van der Waals surface area contributed by atoms with E-state index in [1.807, 2.05) is 11.3 Å². The van der Waals surface area contributed by atoms with E-state index in [9.17, 15) is 0 Å². The normalized spacial score (nSPS) is 15.1. The molecule has 0 saturated carbocycles. The van der Waals surface area contributed by atoms with E-state index < -0.39 is 0 Å². The molecule has 0 N–H and O–H groups in total. The number of thiophene rings is 1. The summed E-state index contributed by atoms with van der Waals surface area (Å²) in [6.45, 7) is 17.1. The molecular weight excluding hydrogens is 647 g/mol. The highest BCUT2D eigenvalue weighted by Gasteiger charge is 2.50. The van der Waals surface area contributed by atoms with Crippen LogP contribution in [0.5, 0.6) is 0 Å². The van der Waals surface area contributed by atoms with Crippen molar-refractivity contribution in [3.63, 3.8) is 0 Å². The molecule has 254 valence electrons. The molecule has 0 aliphatic heterocycles. The summed E-state index contributed by atoms with van der Waals surface area (Å²) in [5, 5.41) is 5.15. The van der Waals surface area contributed by atoms with Gasteiger partial charge in [0.1, 0.15) is 0 Å². The molecule has 1 nitrogen and oxygen atoms in total. The Balaban J connectivity index is 1.44. The number of anilines is 3. The van der Waals surface area contributed by atoms with Crippen molar-refractivity contribution < 1.29 is 0 Å². The second-order valence-corrected chi connectivity index (χ2v) is 18.0. The van der Waals surface area contributed by atoms with Crippen LogP contribution in [0.4, 0.5) is 17.1 Å². The Morgan fingerprint density at radius 2 is 1.06 bits per heavy atom. The van der Waals surface area contributed by atoms with Gasteiger partial charge < -0.3 is 4.90 Å². The number of nitrogens with zero attached hydrogens (tertiary/aromatic N) is 1. The Bertz CT molecular complexity index is 2700. The summed E-state index contributed by atoms with van der Waals surface area (Å²) in [7, 11) is 0. The molecule has 0 amide bonds. The Morgan fingerprint density at radius 3 is 1.71 bits per heavy atom. The van der Waals surface area contributed by atoms with Crippen molar-refractivity contribution in [2.75, 3.05) is 4.90 Å². The number of hydrogen-bond acceptors (Lipinski definition) is 2. The van der Waals surface area contributed by atoms with Crippen molar-refractivity contribution in [2.24, 2.45) is 0 Å². The van der Waals surface area contributed by atoms with Crippen LogP contribution in [0, 0.1) is 0 Å². The molecule has 2 aliphatic rings. The minimum Gasteiger partial charge on any atom is -0.309 e. The third kappa shape index (κ3) is 4.16. The lowest BCUT2D eigenvalue weighted by atomic mass is 9.70. The Labute approximate surface area is 311 Å². The van der Waals surface area contributed by atoms with E-state index in [2.05, 4.69) is 187 Å².